The summed E-state index contributed by atoms with van der Waals surface area (Å²) in [5, 5.41) is 0. The van der Waals surface area contributed by atoms with Gasteiger partial charge in [-0.25, -0.2) is 21.8 Å². The SMILES string of the molecule is CN(C(=O)CCc1nc2cc(S(=O)(=O)N3CCOCC3)ccc2n1C)C1CCS(=O)(=O)C1. The molecule has 4 rings (SSSR count). The standard InChI is InChI=1S/C20H28N4O6S2/c1-22(15-7-12-31(26,27)14-15)20(25)6-5-19-21-17-13-16(3-4-18(17)23(19)2)32(28,29)24-8-10-30-11-9-24/h3-4,13,15H,5-12,14H2,1-2H3. The predicted octanol–water partition coefficient (Wildman–Crippen LogP) is 0.172. The molecule has 1 aromatic carbocycles. The maximum Gasteiger partial charge on any atom is 0.243 e. The lowest BCUT2D eigenvalue weighted by molar-refractivity contribution is -0.131. The number of hydrogen-bond acceptors (Lipinski definition) is 7. The molecule has 2 aromatic rings. The van der Waals surface area contributed by atoms with E-state index in [1.54, 1.807) is 25.2 Å². The fraction of sp³-hybridized carbons (Fsp3) is 0.600. The Morgan fingerprint density at radius 1 is 1.28 bits per heavy atom. The number of sulfonamides is 1. The number of rotatable bonds is 6. The number of sulfone groups is 1. The summed E-state index contributed by atoms with van der Waals surface area (Å²) in [6, 6.07) is 4.61. The Bertz CT molecular complexity index is 1230. The van der Waals surface area contributed by atoms with E-state index in [1.807, 2.05) is 11.6 Å². The van der Waals surface area contributed by atoms with Crippen molar-refractivity contribution in [3.63, 3.8) is 0 Å². The molecule has 2 aliphatic heterocycles. The van der Waals surface area contributed by atoms with Gasteiger partial charge >= 0.3 is 0 Å². The second-order valence-electron chi connectivity index (χ2n) is 8.32. The van der Waals surface area contributed by atoms with Crippen LogP contribution in [-0.2, 0) is 42.9 Å². The average molecular weight is 485 g/mol. The smallest absolute Gasteiger partial charge is 0.243 e. The normalized spacial score (nSPS) is 21.8. The number of carbonyl (C=O) groups is 1. The topological polar surface area (TPSA) is 119 Å². The van der Waals surface area contributed by atoms with E-state index in [0.717, 1.165) is 5.52 Å². The highest BCUT2D eigenvalue weighted by Crippen LogP contribution is 2.24. The molecular formula is C20H28N4O6S2. The monoisotopic (exact) mass is 484 g/mol. The minimum atomic E-state index is -3.62. The molecule has 10 nitrogen and oxygen atoms in total. The van der Waals surface area contributed by atoms with Crippen molar-refractivity contribution < 1.29 is 26.4 Å². The van der Waals surface area contributed by atoms with E-state index in [0.29, 0.717) is 50.5 Å². The first kappa shape index (κ1) is 23.1. The van der Waals surface area contributed by atoms with Gasteiger partial charge in [0.1, 0.15) is 5.82 Å². The molecule has 2 aliphatic rings. The summed E-state index contributed by atoms with van der Waals surface area (Å²) in [6.07, 6.45) is 1.04. The maximum absolute atomic E-state index is 12.9. The van der Waals surface area contributed by atoms with Gasteiger partial charge in [-0.3, -0.25) is 4.79 Å². The molecule has 176 valence electrons. The maximum atomic E-state index is 12.9. The highest BCUT2D eigenvalue weighted by atomic mass is 32.2. The number of aromatic nitrogens is 2. The number of nitrogens with zero attached hydrogens (tertiary/aromatic N) is 4. The second-order valence-corrected chi connectivity index (χ2v) is 12.5. The van der Waals surface area contributed by atoms with E-state index in [2.05, 4.69) is 4.98 Å². The summed E-state index contributed by atoms with van der Waals surface area (Å²) in [4.78, 5) is 18.9. The van der Waals surface area contributed by atoms with E-state index < -0.39 is 19.9 Å². The highest BCUT2D eigenvalue weighted by Gasteiger charge is 2.32. The van der Waals surface area contributed by atoms with Crippen molar-refractivity contribution in [2.75, 3.05) is 44.9 Å². The molecule has 32 heavy (non-hydrogen) atoms. The molecule has 3 heterocycles. The number of benzene rings is 1. The van der Waals surface area contributed by atoms with E-state index in [9.17, 15) is 21.6 Å². The summed E-state index contributed by atoms with van der Waals surface area (Å²) in [5.74, 6) is 0.675. The predicted molar refractivity (Wildman–Crippen MR) is 118 cm³/mol. The van der Waals surface area contributed by atoms with Gasteiger partial charge in [0, 0.05) is 46.1 Å². The molecule has 0 bridgehead atoms. The quantitative estimate of drug-likeness (QED) is 0.573. The third-order valence-electron chi connectivity index (χ3n) is 6.26. The van der Waals surface area contributed by atoms with E-state index >= 15 is 0 Å². The third kappa shape index (κ3) is 4.54. The Kier molecular flexibility index (Phi) is 6.31. The summed E-state index contributed by atoms with van der Waals surface area (Å²) >= 11 is 0. The molecule has 0 aliphatic carbocycles. The molecular weight excluding hydrogens is 456 g/mol. The number of hydrogen-bond donors (Lipinski definition) is 0. The molecule has 1 amide bonds. The fourth-order valence-corrected chi connectivity index (χ4v) is 7.43. The first-order valence-electron chi connectivity index (χ1n) is 10.6. The van der Waals surface area contributed by atoms with Crippen LogP contribution in [0.1, 0.15) is 18.7 Å². The van der Waals surface area contributed by atoms with Crippen LogP contribution in [-0.4, -0.2) is 92.4 Å². The largest absolute Gasteiger partial charge is 0.379 e. The van der Waals surface area contributed by atoms with Crippen molar-refractivity contribution in [2.45, 2.75) is 30.2 Å². The second kappa shape index (κ2) is 8.73. The van der Waals surface area contributed by atoms with Gasteiger partial charge in [0.2, 0.25) is 15.9 Å². The number of aryl methyl sites for hydroxylation is 2. The summed E-state index contributed by atoms with van der Waals surface area (Å²) < 4.78 is 57.7. The Balaban J connectivity index is 1.48. The van der Waals surface area contributed by atoms with Crippen LogP contribution in [0, 0.1) is 0 Å². The number of morpholine rings is 1. The zero-order chi connectivity index (χ0) is 23.1. The lowest BCUT2D eigenvalue weighted by Crippen LogP contribution is -2.40. The third-order valence-corrected chi connectivity index (χ3v) is 9.91. The summed E-state index contributed by atoms with van der Waals surface area (Å²) in [5.41, 5.74) is 1.34. The van der Waals surface area contributed by atoms with Gasteiger partial charge in [0.25, 0.3) is 0 Å². The average Bonchev–Trinajstić information content (AvgIpc) is 3.30. The number of imidazole rings is 1. The van der Waals surface area contributed by atoms with Crippen LogP contribution in [0.4, 0.5) is 0 Å². The minimum Gasteiger partial charge on any atom is -0.379 e. The Labute approximate surface area is 188 Å². The van der Waals surface area contributed by atoms with Gasteiger partial charge in [-0.15, -0.1) is 0 Å². The van der Waals surface area contributed by atoms with E-state index in [1.165, 1.54) is 9.21 Å². The molecule has 2 saturated heterocycles. The van der Waals surface area contributed by atoms with Crippen LogP contribution < -0.4 is 0 Å². The van der Waals surface area contributed by atoms with E-state index in [4.69, 9.17) is 4.74 Å². The van der Waals surface area contributed by atoms with Gasteiger partial charge in [-0.05, 0) is 24.6 Å². The van der Waals surface area contributed by atoms with E-state index in [-0.39, 0.29) is 34.8 Å². The first-order chi connectivity index (χ1) is 15.1. The van der Waals surface area contributed by atoms with Crippen molar-refractivity contribution in [3.8, 4) is 0 Å². The van der Waals surface area contributed by atoms with Crippen molar-refractivity contribution in [1.29, 1.82) is 0 Å². The van der Waals surface area contributed by atoms with Crippen molar-refractivity contribution in [1.82, 2.24) is 18.8 Å². The van der Waals surface area contributed by atoms with Crippen molar-refractivity contribution in [3.05, 3.63) is 24.0 Å². The van der Waals surface area contributed by atoms with Crippen molar-refractivity contribution >= 4 is 36.8 Å². The van der Waals surface area contributed by atoms with Crippen LogP contribution in [0.2, 0.25) is 0 Å². The zero-order valence-corrected chi connectivity index (χ0v) is 19.9. The molecule has 0 saturated carbocycles. The molecule has 0 radical (unpaired) electrons. The lowest BCUT2D eigenvalue weighted by atomic mass is 10.2. The summed E-state index contributed by atoms with van der Waals surface area (Å²) in [7, 11) is -3.20. The van der Waals surface area contributed by atoms with Crippen LogP contribution in [0.25, 0.3) is 11.0 Å². The van der Waals surface area contributed by atoms with Gasteiger partial charge in [0.15, 0.2) is 9.84 Å². The first-order valence-corrected chi connectivity index (χ1v) is 13.8. The van der Waals surface area contributed by atoms with Gasteiger partial charge < -0.3 is 14.2 Å². The zero-order valence-electron chi connectivity index (χ0n) is 18.2. The number of carbonyl (C=O) groups excluding carboxylic acids is 1. The Hall–Kier alpha value is -2.02. The Morgan fingerprint density at radius 2 is 2.00 bits per heavy atom. The Morgan fingerprint density at radius 3 is 2.66 bits per heavy atom. The number of amides is 1. The minimum absolute atomic E-state index is 0.0158. The molecule has 1 aromatic heterocycles. The van der Waals surface area contributed by atoms with Gasteiger partial charge in [0.05, 0.1) is 40.6 Å². The highest BCUT2D eigenvalue weighted by molar-refractivity contribution is 7.91. The van der Waals surface area contributed by atoms with Gasteiger partial charge in [-0.2, -0.15) is 4.31 Å². The van der Waals surface area contributed by atoms with Crippen molar-refractivity contribution in [2.24, 2.45) is 7.05 Å². The molecule has 0 N–H and O–H groups in total. The van der Waals surface area contributed by atoms with Gasteiger partial charge in [-0.1, -0.05) is 0 Å². The van der Waals surface area contributed by atoms with Crippen LogP contribution in [0.5, 0.6) is 0 Å². The molecule has 0 spiro atoms. The molecule has 1 unspecified atom stereocenters. The van der Waals surface area contributed by atoms with Crippen LogP contribution in [0.3, 0.4) is 0 Å². The fourth-order valence-electron chi connectivity index (χ4n) is 4.23. The number of fused-ring (bicyclic) bond motifs is 1. The summed E-state index contributed by atoms with van der Waals surface area (Å²) in [6.45, 7) is 1.41. The number of ether oxygens (including phenoxy) is 1. The molecule has 1 atom stereocenters. The van der Waals surface area contributed by atoms with Crippen LogP contribution >= 0.6 is 0 Å². The molecule has 12 heteroatoms. The molecule has 2 fully saturated rings. The lowest BCUT2D eigenvalue weighted by Gasteiger charge is -2.26. The van der Waals surface area contributed by atoms with Crippen LogP contribution in [0.15, 0.2) is 23.1 Å².